The minimum atomic E-state index is -0.299. The van der Waals surface area contributed by atoms with Gasteiger partial charge in [0.15, 0.2) is 0 Å². The number of methoxy groups -OCH3 is 1. The molecule has 1 aromatic rings. The van der Waals surface area contributed by atoms with Crippen LogP contribution in [0.3, 0.4) is 0 Å². The Bertz CT molecular complexity index is 462. The standard InChI is InChI=1S/C15H21NO3S/c1-4-16(9-8-14(17)19-2)15(18)13-7-5-6-12(10-13)11-20-3/h5-7,10H,4,8-9,11H2,1-3H3. The molecule has 0 aliphatic heterocycles. The topological polar surface area (TPSA) is 46.6 Å². The van der Waals surface area contributed by atoms with Crippen LogP contribution in [0.2, 0.25) is 0 Å². The second kappa shape index (κ2) is 8.64. The third-order valence-corrected chi connectivity index (χ3v) is 3.59. The van der Waals surface area contributed by atoms with Crippen LogP contribution in [0.25, 0.3) is 0 Å². The molecular formula is C15H21NO3S. The van der Waals surface area contributed by atoms with Gasteiger partial charge in [-0.05, 0) is 30.9 Å². The molecule has 0 aromatic heterocycles. The monoisotopic (exact) mass is 295 g/mol. The fourth-order valence-electron chi connectivity index (χ4n) is 1.87. The highest BCUT2D eigenvalue weighted by Crippen LogP contribution is 2.13. The SMILES string of the molecule is CCN(CCC(=O)OC)C(=O)c1cccc(CSC)c1. The van der Waals surface area contributed by atoms with E-state index in [2.05, 4.69) is 4.74 Å². The van der Waals surface area contributed by atoms with Gasteiger partial charge in [0.2, 0.25) is 0 Å². The molecule has 0 aliphatic carbocycles. The lowest BCUT2D eigenvalue weighted by molar-refractivity contribution is -0.140. The quantitative estimate of drug-likeness (QED) is 0.725. The number of carbonyl (C=O) groups excluding carboxylic acids is 2. The van der Waals surface area contributed by atoms with Gasteiger partial charge in [0.05, 0.1) is 13.5 Å². The molecule has 0 fully saturated rings. The number of benzene rings is 1. The van der Waals surface area contributed by atoms with Crippen molar-refractivity contribution in [3.8, 4) is 0 Å². The molecule has 1 rings (SSSR count). The molecule has 0 saturated carbocycles. The number of amides is 1. The summed E-state index contributed by atoms with van der Waals surface area (Å²) in [6.07, 6.45) is 2.25. The maximum atomic E-state index is 12.4. The van der Waals surface area contributed by atoms with E-state index in [1.165, 1.54) is 7.11 Å². The molecule has 110 valence electrons. The molecule has 0 radical (unpaired) electrons. The highest BCUT2D eigenvalue weighted by Gasteiger charge is 2.15. The number of esters is 1. The van der Waals surface area contributed by atoms with E-state index in [1.807, 2.05) is 37.4 Å². The Balaban J connectivity index is 2.74. The second-order valence-electron chi connectivity index (χ2n) is 4.34. The van der Waals surface area contributed by atoms with Crippen LogP contribution in [0.15, 0.2) is 24.3 Å². The Morgan fingerprint density at radius 1 is 1.35 bits per heavy atom. The van der Waals surface area contributed by atoms with Crippen molar-refractivity contribution in [3.63, 3.8) is 0 Å². The van der Waals surface area contributed by atoms with Crippen molar-refractivity contribution >= 4 is 23.6 Å². The number of ether oxygens (including phenoxy) is 1. The summed E-state index contributed by atoms with van der Waals surface area (Å²) >= 11 is 1.72. The average molecular weight is 295 g/mol. The summed E-state index contributed by atoms with van der Waals surface area (Å²) in [6.45, 7) is 2.86. The van der Waals surface area contributed by atoms with E-state index in [0.717, 1.165) is 11.3 Å². The molecule has 0 bridgehead atoms. The van der Waals surface area contributed by atoms with Crippen molar-refractivity contribution in [3.05, 3.63) is 35.4 Å². The van der Waals surface area contributed by atoms with Crippen molar-refractivity contribution in [2.75, 3.05) is 26.5 Å². The van der Waals surface area contributed by atoms with E-state index in [1.54, 1.807) is 16.7 Å². The smallest absolute Gasteiger partial charge is 0.307 e. The molecule has 1 amide bonds. The molecule has 0 unspecified atom stereocenters. The third-order valence-electron chi connectivity index (χ3n) is 2.97. The first-order chi connectivity index (χ1) is 9.62. The normalized spacial score (nSPS) is 10.2. The molecule has 1 aromatic carbocycles. The van der Waals surface area contributed by atoms with Gasteiger partial charge >= 0.3 is 5.97 Å². The van der Waals surface area contributed by atoms with Crippen LogP contribution < -0.4 is 0 Å². The number of hydrogen-bond donors (Lipinski definition) is 0. The summed E-state index contributed by atoms with van der Waals surface area (Å²) in [5.74, 6) is 0.543. The molecule has 0 N–H and O–H groups in total. The maximum absolute atomic E-state index is 12.4. The molecule has 4 nitrogen and oxygen atoms in total. The van der Waals surface area contributed by atoms with Gasteiger partial charge in [-0.25, -0.2) is 0 Å². The molecule has 5 heteroatoms. The first kappa shape index (κ1) is 16.6. The predicted molar refractivity (Wildman–Crippen MR) is 81.9 cm³/mol. The van der Waals surface area contributed by atoms with Gasteiger partial charge in [-0.1, -0.05) is 12.1 Å². The van der Waals surface area contributed by atoms with Crippen LogP contribution in [0, 0.1) is 0 Å². The van der Waals surface area contributed by atoms with E-state index < -0.39 is 0 Å². The van der Waals surface area contributed by atoms with Crippen LogP contribution in [0.4, 0.5) is 0 Å². The lowest BCUT2D eigenvalue weighted by Gasteiger charge is -2.20. The van der Waals surface area contributed by atoms with Crippen molar-refractivity contribution in [2.45, 2.75) is 19.1 Å². The van der Waals surface area contributed by atoms with Gasteiger partial charge in [0, 0.05) is 24.4 Å². The third kappa shape index (κ3) is 4.89. The van der Waals surface area contributed by atoms with Crippen molar-refractivity contribution in [1.29, 1.82) is 0 Å². The first-order valence-corrected chi connectivity index (χ1v) is 7.95. The zero-order chi connectivity index (χ0) is 15.0. The minimum Gasteiger partial charge on any atom is -0.469 e. The Hall–Kier alpha value is -1.49. The average Bonchev–Trinajstić information content (AvgIpc) is 2.48. The number of rotatable bonds is 7. The van der Waals surface area contributed by atoms with Crippen molar-refractivity contribution in [2.24, 2.45) is 0 Å². The van der Waals surface area contributed by atoms with Crippen LogP contribution >= 0.6 is 11.8 Å². The van der Waals surface area contributed by atoms with Gasteiger partial charge in [0.25, 0.3) is 5.91 Å². The van der Waals surface area contributed by atoms with Crippen LogP contribution in [0.1, 0.15) is 29.3 Å². The van der Waals surface area contributed by atoms with Crippen molar-refractivity contribution in [1.82, 2.24) is 4.90 Å². The lowest BCUT2D eigenvalue weighted by atomic mass is 10.1. The predicted octanol–water partition coefficient (Wildman–Crippen LogP) is 2.57. The maximum Gasteiger partial charge on any atom is 0.307 e. The zero-order valence-corrected chi connectivity index (χ0v) is 13.0. The highest BCUT2D eigenvalue weighted by molar-refractivity contribution is 7.97. The number of thioether (sulfide) groups is 1. The molecule has 0 atom stereocenters. The Morgan fingerprint density at radius 2 is 2.10 bits per heavy atom. The fraction of sp³-hybridized carbons (Fsp3) is 0.467. The molecule has 0 aliphatic rings. The summed E-state index contributed by atoms with van der Waals surface area (Å²) < 4.78 is 4.60. The molecule has 0 spiro atoms. The molecule has 20 heavy (non-hydrogen) atoms. The van der Waals surface area contributed by atoms with Crippen LogP contribution in [0.5, 0.6) is 0 Å². The first-order valence-electron chi connectivity index (χ1n) is 6.56. The molecule has 0 saturated heterocycles. The van der Waals surface area contributed by atoms with E-state index >= 15 is 0 Å². The summed E-state index contributed by atoms with van der Waals surface area (Å²) in [6, 6.07) is 7.64. The number of hydrogen-bond acceptors (Lipinski definition) is 4. The van der Waals surface area contributed by atoms with Crippen LogP contribution in [-0.2, 0) is 15.3 Å². The molecular weight excluding hydrogens is 274 g/mol. The summed E-state index contributed by atoms with van der Waals surface area (Å²) in [7, 11) is 1.35. The van der Waals surface area contributed by atoms with E-state index in [0.29, 0.717) is 18.7 Å². The largest absolute Gasteiger partial charge is 0.469 e. The lowest BCUT2D eigenvalue weighted by Crippen LogP contribution is -2.33. The number of nitrogens with zero attached hydrogens (tertiary/aromatic N) is 1. The highest BCUT2D eigenvalue weighted by atomic mass is 32.2. The van der Waals surface area contributed by atoms with Gasteiger partial charge in [-0.2, -0.15) is 11.8 Å². The van der Waals surface area contributed by atoms with Crippen molar-refractivity contribution < 1.29 is 14.3 Å². The fourth-order valence-corrected chi connectivity index (χ4v) is 2.39. The Kier molecular flexibility index (Phi) is 7.15. The van der Waals surface area contributed by atoms with Gasteiger partial charge in [-0.15, -0.1) is 0 Å². The summed E-state index contributed by atoms with van der Waals surface area (Å²) in [5.41, 5.74) is 1.80. The number of carbonyl (C=O) groups is 2. The Morgan fingerprint density at radius 3 is 2.70 bits per heavy atom. The minimum absolute atomic E-state index is 0.0423. The van der Waals surface area contributed by atoms with E-state index in [4.69, 9.17) is 0 Å². The van der Waals surface area contributed by atoms with Crippen LogP contribution in [-0.4, -0.2) is 43.2 Å². The summed E-state index contributed by atoms with van der Waals surface area (Å²) in [5, 5.41) is 0. The zero-order valence-electron chi connectivity index (χ0n) is 12.2. The Labute approximate surface area is 124 Å². The summed E-state index contributed by atoms with van der Waals surface area (Å²) in [4.78, 5) is 25.2. The van der Waals surface area contributed by atoms with E-state index in [9.17, 15) is 9.59 Å². The second-order valence-corrected chi connectivity index (χ2v) is 5.21. The van der Waals surface area contributed by atoms with Gasteiger partial charge < -0.3 is 9.64 Å². The van der Waals surface area contributed by atoms with Gasteiger partial charge in [-0.3, -0.25) is 9.59 Å². The van der Waals surface area contributed by atoms with Gasteiger partial charge in [0.1, 0.15) is 0 Å². The van der Waals surface area contributed by atoms with E-state index in [-0.39, 0.29) is 18.3 Å². The molecule has 0 heterocycles.